The van der Waals surface area contributed by atoms with Crippen LogP contribution in [-0.4, -0.2) is 9.97 Å². The Hall–Kier alpha value is -2.13. The molecule has 0 aliphatic rings. The third-order valence-corrected chi connectivity index (χ3v) is 3.26. The average molecular weight is 270 g/mol. The molecule has 0 radical (unpaired) electrons. The van der Waals surface area contributed by atoms with E-state index in [1.54, 1.807) is 12.4 Å². The number of fused-ring (bicyclic) bond motifs is 1. The molecule has 0 saturated heterocycles. The number of anilines is 1. The van der Waals surface area contributed by atoms with Crippen molar-refractivity contribution in [2.75, 3.05) is 5.32 Å². The van der Waals surface area contributed by atoms with Crippen LogP contribution in [0.15, 0.2) is 54.9 Å². The molecule has 0 atom stereocenters. The lowest BCUT2D eigenvalue weighted by Gasteiger charge is -2.09. The van der Waals surface area contributed by atoms with Gasteiger partial charge < -0.3 is 5.32 Å². The van der Waals surface area contributed by atoms with E-state index in [1.165, 1.54) is 16.3 Å². The number of halogens is 1. The molecule has 0 spiro atoms. The lowest BCUT2D eigenvalue weighted by molar-refractivity contribution is 1.10. The summed E-state index contributed by atoms with van der Waals surface area (Å²) in [4.78, 5) is 8.16. The van der Waals surface area contributed by atoms with E-state index in [0.717, 1.165) is 0 Å². The summed E-state index contributed by atoms with van der Waals surface area (Å²) in [5, 5.41) is 6.07. The second-order valence-corrected chi connectivity index (χ2v) is 4.55. The lowest BCUT2D eigenvalue weighted by atomic mass is 10.0. The Labute approximate surface area is 116 Å². The van der Waals surface area contributed by atoms with Gasteiger partial charge in [0.2, 0.25) is 0 Å². The van der Waals surface area contributed by atoms with Gasteiger partial charge in [-0.2, -0.15) is 0 Å². The molecular weight excluding hydrogens is 258 g/mol. The summed E-state index contributed by atoms with van der Waals surface area (Å²) in [6.07, 6.45) is 3.20. The minimum Gasteiger partial charge on any atom is -0.363 e. The highest BCUT2D eigenvalue weighted by atomic mass is 35.5. The van der Waals surface area contributed by atoms with E-state index in [2.05, 4.69) is 45.6 Å². The van der Waals surface area contributed by atoms with Crippen LogP contribution in [0.5, 0.6) is 0 Å². The summed E-state index contributed by atoms with van der Waals surface area (Å²) in [7, 11) is 0. The molecule has 0 fully saturated rings. The molecule has 0 saturated carbocycles. The standard InChI is InChI=1S/C15H12ClN3/c16-14-15(18-9-8-17-14)19-10-12-6-3-5-11-4-1-2-7-13(11)12/h1-9H,10H2,(H,18,19). The minimum atomic E-state index is 0.391. The van der Waals surface area contributed by atoms with E-state index in [-0.39, 0.29) is 0 Å². The third kappa shape index (κ3) is 2.51. The summed E-state index contributed by atoms with van der Waals surface area (Å²) in [6.45, 7) is 0.666. The first-order valence-corrected chi connectivity index (χ1v) is 6.39. The molecule has 94 valence electrons. The zero-order valence-corrected chi connectivity index (χ0v) is 10.9. The predicted molar refractivity (Wildman–Crippen MR) is 78.3 cm³/mol. The molecule has 0 amide bonds. The molecule has 3 rings (SSSR count). The van der Waals surface area contributed by atoms with Crippen molar-refractivity contribution in [1.82, 2.24) is 9.97 Å². The van der Waals surface area contributed by atoms with Gasteiger partial charge in [-0.05, 0) is 16.3 Å². The largest absolute Gasteiger partial charge is 0.363 e. The Morgan fingerprint density at radius 3 is 2.63 bits per heavy atom. The van der Waals surface area contributed by atoms with Crippen LogP contribution < -0.4 is 5.32 Å². The van der Waals surface area contributed by atoms with Gasteiger partial charge in [-0.3, -0.25) is 0 Å². The maximum absolute atomic E-state index is 5.97. The van der Waals surface area contributed by atoms with Gasteiger partial charge in [0, 0.05) is 18.9 Å². The third-order valence-electron chi connectivity index (χ3n) is 2.98. The molecular formula is C15H12ClN3. The smallest absolute Gasteiger partial charge is 0.171 e. The predicted octanol–water partition coefficient (Wildman–Crippen LogP) is 3.90. The number of hydrogen-bond donors (Lipinski definition) is 1. The van der Waals surface area contributed by atoms with Crippen molar-refractivity contribution in [3.63, 3.8) is 0 Å². The number of nitrogens with one attached hydrogen (secondary N) is 1. The van der Waals surface area contributed by atoms with Crippen LogP contribution in [0, 0.1) is 0 Å². The number of benzene rings is 2. The first kappa shape index (κ1) is 11.9. The van der Waals surface area contributed by atoms with Gasteiger partial charge in [-0.25, -0.2) is 9.97 Å². The molecule has 0 aliphatic heterocycles. The van der Waals surface area contributed by atoms with Crippen LogP contribution >= 0.6 is 11.6 Å². The Balaban J connectivity index is 1.88. The molecule has 2 aromatic carbocycles. The Morgan fingerprint density at radius 1 is 0.947 bits per heavy atom. The molecule has 4 heteroatoms. The number of nitrogens with zero attached hydrogens (tertiary/aromatic N) is 2. The molecule has 3 aromatic rings. The molecule has 1 aromatic heterocycles. The van der Waals surface area contributed by atoms with Gasteiger partial charge in [0.15, 0.2) is 11.0 Å². The molecule has 1 heterocycles. The van der Waals surface area contributed by atoms with Crippen molar-refractivity contribution in [3.05, 3.63) is 65.6 Å². The van der Waals surface area contributed by atoms with Gasteiger partial charge in [0.1, 0.15) is 0 Å². The van der Waals surface area contributed by atoms with Crippen molar-refractivity contribution >= 4 is 28.2 Å². The van der Waals surface area contributed by atoms with E-state index in [1.807, 2.05) is 12.1 Å². The van der Waals surface area contributed by atoms with Crippen LogP contribution in [0.4, 0.5) is 5.82 Å². The highest BCUT2D eigenvalue weighted by Crippen LogP contribution is 2.20. The van der Waals surface area contributed by atoms with E-state index in [9.17, 15) is 0 Å². The van der Waals surface area contributed by atoms with Crippen molar-refractivity contribution in [3.8, 4) is 0 Å². The summed E-state index contributed by atoms with van der Waals surface area (Å²) in [6, 6.07) is 14.6. The van der Waals surface area contributed by atoms with Gasteiger partial charge in [0.25, 0.3) is 0 Å². The van der Waals surface area contributed by atoms with Crippen molar-refractivity contribution in [2.24, 2.45) is 0 Å². The molecule has 3 nitrogen and oxygen atoms in total. The second-order valence-electron chi connectivity index (χ2n) is 4.19. The monoisotopic (exact) mass is 269 g/mol. The lowest BCUT2D eigenvalue weighted by Crippen LogP contribution is -2.03. The van der Waals surface area contributed by atoms with Gasteiger partial charge in [-0.15, -0.1) is 0 Å². The van der Waals surface area contributed by atoms with Crippen LogP contribution in [0.3, 0.4) is 0 Å². The molecule has 0 bridgehead atoms. The van der Waals surface area contributed by atoms with Crippen LogP contribution in [-0.2, 0) is 6.54 Å². The highest BCUT2D eigenvalue weighted by Gasteiger charge is 2.03. The van der Waals surface area contributed by atoms with E-state index >= 15 is 0 Å². The second kappa shape index (κ2) is 5.24. The van der Waals surface area contributed by atoms with Crippen LogP contribution in [0.25, 0.3) is 10.8 Å². The summed E-state index contributed by atoms with van der Waals surface area (Å²) in [5.74, 6) is 0.608. The average Bonchev–Trinajstić information content (AvgIpc) is 2.46. The van der Waals surface area contributed by atoms with Crippen molar-refractivity contribution < 1.29 is 0 Å². The topological polar surface area (TPSA) is 37.8 Å². The normalized spacial score (nSPS) is 10.6. The van der Waals surface area contributed by atoms with Crippen molar-refractivity contribution in [2.45, 2.75) is 6.54 Å². The van der Waals surface area contributed by atoms with Gasteiger partial charge in [-0.1, -0.05) is 54.1 Å². The number of aromatic nitrogens is 2. The van der Waals surface area contributed by atoms with Crippen LogP contribution in [0.2, 0.25) is 5.15 Å². The summed E-state index contributed by atoms with van der Waals surface area (Å²) < 4.78 is 0. The quantitative estimate of drug-likeness (QED) is 0.784. The van der Waals surface area contributed by atoms with Gasteiger partial charge in [0.05, 0.1) is 0 Å². The first-order valence-electron chi connectivity index (χ1n) is 6.01. The maximum atomic E-state index is 5.97. The van der Waals surface area contributed by atoms with E-state index in [4.69, 9.17) is 11.6 Å². The Bertz CT molecular complexity index is 707. The van der Waals surface area contributed by atoms with E-state index < -0.39 is 0 Å². The minimum absolute atomic E-state index is 0.391. The highest BCUT2D eigenvalue weighted by molar-refractivity contribution is 6.31. The molecule has 19 heavy (non-hydrogen) atoms. The van der Waals surface area contributed by atoms with Crippen molar-refractivity contribution in [1.29, 1.82) is 0 Å². The Kier molecular flexibility index (Phi) is 3.29. The fraction of sp³-hybridized carbons (Fsp3) is 0.0667. The zero-order valence-electron chi connectivity index (χ0n) is 10.2. The number of rotatable bonds is 3. The Morgan fingerprint density at radius 2 is 1.74 bits per heavy atom. The molecule has 0 unspecified atom stereocenters. The van der Waals surface area contributed by atoms with Gasteiger partial charge >= 0.3 is 0 Å². The molecule has 1 N–H and O–H groups in total. The summed E-state index contributed by atoms with van der Waals surface area (Å²) in [5.41, 5.74) is 1.21. The zero-order chi connectivity index (χ0) is 13.1. The fourth-order valence-corrected chi connectivity index (χ4v) is 2.24. The SMILES string of the molecule is Clc1nccnc1NCc1cccc2ccccc12. The van der Waals surface area contributed by atoms with E-state index in [0.29, 0.717) is 17.5 Å². The first-order chi connectivity index (χ1) is 9.34. The maximum Gasteiger partial charge on any atom is 0.171 e. The number of hydrogen-bond acceptors (Lipinski definition) is 3. The molecule has 0 aliphatic carbocycles. The fourth-order valence-electron chi connectivity index (χ4n) is 2.07. The summed E-state index contributed by atoms with van der Waals surface area (Å²) >= 11 is 5.97. The van der Waals surface area contributed by atoms with Crippen LogP contribution in [0.1, 0.15) is 5.56 Å².